The fraction of sp³-hybridized carbons (Fsp3) is 0.571. The molecule has 9 heteroatoms. The van der Waals surface area contributed by atoms with Crippen molar-refractivity contribution in [3.05, 3.63) is 56.7 Å². The van der Waals surface area contributed by atoms with E-state index in [9.17, 15) is 9.18 Å². The molecule has 2 fully saturated rings. The summed E-state index contributed by atoms with van der Waals surface area (Å²) in [5.41, 5.74) is 3.66. The van der Waals surface area contributed by atoms with Gasteiger partial charge in [0.1, 0.15) is 17.6 Å². The van der Waals surface area contributed by atoms with E-state index >= 15 is 0 Å². The lowest BCUT2D eigenvalue weighted by atomic mass is 9.96. The standard InChI is InChI=1S/C28H37BrFN5O2/c1-5-20-16-34(21(6-2)15-33(20)18(3)22-11-10-19(30)13-23(22)29)24-14-26(36)32(4)25-17-35(31-28(24)25)27-9-7-8-12-37-27/h10-11,13-14,17-18,20-21,27H,5-9,12,15-16H2,1-4H3/t18?,20-,21+,27?/m1/s1. The molecule has 0 spiro atoms. The maximum Gasteiger partial charge on any atom is 0.252 e. The summed E-state index contributed by atoms with van der Waals surface area (Å²) in [5.74, 6) is -0.237. The molecule has 4 atom stereocenters. The van der Waals surface area contributed by atoms with Gasteiger partial charge >= 0.3 is 0 Å². The minimum Gasteiger partial charge on any atom is -0.364 e. The van der Waals surface area contributed by atoms with E-state index in [2.05, 4.69) is 46.5 Å². The van der Waals surface area contributed by atoms with E-state index < -0.39 is 0 Å². The predicted molar refractivity (Wildman–Crippen MR) is 149 cm³/mol. The minimum atomic E-state index is -0.237. The molecule has 37 heavy (non-hydrogen) atoms. The van der Waals surface area contributed by atoms with Crippen LogP contribution in [0.3, 0.4) is 0 Å². The summed E-state index contributed by atoms with van der Waals surface area (Å²) < 4.78 is 24.2. The Balaban J connectivity index is 1.51. The molecule has 2 aliphatic rings. The molecular formula is C28H37BrFN5O2. The van der Waals surface area contributed by atoms with E-state index in [1.165, 1.54) is 6.07 Å². The van der Waals surface area contributed by atoms with Crippen LogP contribution in [0.2, 0.25) is 0 Å². The largest absolute Gasteiger partial charge is 0.364 e. The third-order valence-electron chi connectivity index (χ3n) is 8.26. The van der Waals surface area contributed by atoms with Crippen molar-refractivity contribution in [1.82, 2.24) is 19.2 Å². The second kappa shape index (κ2) is 10.9. The van der Waals surface area contributed by atoms with Gasteiger partial charge in [0.2, 0.25) is 0 Å². The van der Waals surface area contributed by atoms with Gasteiger partial charge in [0.25, 0.3) is 5.56 Å². The van der Waals surface area contributed by atoms with E-state index in [-0.39, 0.29) is 35.7 Å². The maximum absolute atomic E-state index is 13.8. The van der Waals surface area contributed by atoms with Gasteiger partial charge in [0, 0.05) is 55.4 Å². The topological polar surface area (TPSA) is 55.5 Å². The molecule has 1 aromatic carbocycles. The molecule has 2 saturated heterocycles. The first kappa shape index (κ1) is 26.4. The molecule has 0 radical (unpaired) electrons. The SMILES string of the molecule is CC[C@H]1CN(C(C)c2ccc(F)cc2Br)[C@H](CC)CN1c1cc(=O)n(C)c2cn(C3CCCCO3)nc12. The molecule has 0 N–H and O–H groups in total. The zero-order valence-corrected chi connectivity index (χ0v) is 23.7. The van der Waals surface area contributed by atoms with Crippen molar-refractivity contribution in [1.29, 1.82) is 0 Å². The first-order chi connectivity index (χ1) is 17.8. The van der Waals surface area contributed by atoms with Crippen LogP contribution in [0.4, 0.5) is 10.1 Å². The number of hydrogen-bond donors (Lipinski definition) is 0. The number of ether oxygens (including phenoxy) is 1. The Morgan fingerprint density at radius 2 is 1.95 bits per heavy atom. The van der Waals surface area contributed by atoms with Crippen LogP contribution in [0.1, 0.15) is 70.7 Å². The van der Waals surface area contributed by atoms with Crippen molar-refractivity contribution in [2.45, 2.75) is 77.2 Å². The van der Waals surface area contributed by atoms with E-state index in [0.29, 0.717) is 0 Å². The number of rotatable bonds is 6. The van der Waals surface area contributed by atoms with Gasteiger partial charge in [-0.05, 0) is 56.7 Å². The van der Waals surface area contributed by atoms with Gasteiger partial charge < -0.3 is 14.2 Å². The van der Waals surface area contributed by atoms with Crippen molar-refractivity contribution in [3.63, 3.8) is 0 Å². The molecule has 2 aliphatic heterocycles. The third kappa shape index (κ3) is 4.98. The molecular weight excluding hydrogens is 537 g/mol. The number of pyridine rings is 1. The van der Waals surface area contributed by atoms with Crippen LogP contribution in [-0.2, 0) is 11.8 Å². The van der Waals surface area contributed by atoms with Crippen molar-refractivity contribution in [2.75, 3.05) is 24.6 Å². The highest BCUT2D eigenvalue weighted by molar-refractivity contribution is 9.10. The highest BCUT2D eigenvalue weighted by Gasteiger charge is 2.37. The van der Waals surface area contributed by atoms with Crippen molar-refractivity contribution >= 4 is 32.7 Å². The van der Waals surface area contributed by atoms with Gasteiger partial charge in [-0.25, -0.2) is 9.07 Å². The number of anilines is 1. The molecule has 0 amide bonds. The average molecular weight is 575 g/mol. The number of piperazine rings is 1. The number of nitrogens with zero attached hydrogens (tertiary/aromatic N) is 5. The van der Waals surface area contributed by atoms with Crippen molar-refractivity contribution < 1.29 is 9.13 Å². The Kier molecular flexibility index (Phi) is 7.75. The number of hydrogen-bond acceptors (Lipinski definition) is 5. The van der Waals surface area contributed by atoms with Gasteiger partial charge in [0.05, 0.1) is 17.4 Å². The molecule has 2 unspecified atom stereocenters. The Bertz CT molecular complexity index is 1320. The number of fused-ring (bicyclic) bond motifs is 1. The van der Waals surface area contributed by atoms with Crippen LogP contribution >= 0.6 is 15.9 Å². The maximum atomic E-state index is 13.8. The van der Waals surface area contributed by atoms with Gasteiger partial charge in [-0.15, -0.1) is 0 Å². The second-order valence-corrected chi connectivity index (χ2v) is 11.3. The minimum absolute atomic E-state index is 0.0273. The highest BCUT2D eigenvalue weighted by Crippen LogP contribution is 2.36. The van der Waals surface area contributed by atoms with E-state index in [1.807, 2.05) is 24.0 Å². The van der Waals surface area contributed by atoms with Crippen LogP contribution in [0, 0.1) is 5.82 Å². The zero-order chi connectivity index (χ0) is 26.3. The molecule has 4 heterocycles. The van der Waals surface area contributed by atoms with Crippen LogP contribution in [-0.4, -0.2) is 51.0 Å². The van der Waals surface area contributed by atoms with Crippen molar-refractivity contribution in [2.24, 2.45) is 7.05 Å². The smallest absolute Gasteiger partial charge is 0.252 e. The quantitative estimate of drug-likeness (QED) is 0.374. The lowest BCUT2D eigenvalue weighted by Crippen LogP contribution is -2.58. The van der Waals surface area contributed by atoms with E-state index in [0.717, 1.165) is 78.6 Å². The lowest BCUT2D eigenvalue weighted by Gasteiger charge is -2.49. The number of benzene rings is 1. The van der Waals surface area contributed by atoms with Gasteiger partial charge in [-0.3, -0.25) is 9.69 Å². The monoisotopic (exact) mass is 573 g/mol. The number of aromatic nitrogens is 3. The fourth-order valence-corrected chi connectivity index (χ4v) is 6.67. The van der Waals surface area contributed by atoms with Crippen LogP contribution in [0.5, 0.6) is 0 Å². The Morgan fingerprint density at radius 1 is 1.16 bits per heavy atom. The molecule has 2 aromatic heterocycles. The van der Waals surface area contributed by atoms with Crippen LogP contribution in [0.25, 0.3) is 11.0 Å². The third-order valence-corrected chi connectivity index (χ3v) is 8.95. The highest BCUT2D eigenvalue weighted by atomic mass is 79.9. The summed E-state index contributed by atoms with van der Waals surface area (Å²) in [5, 5.41) is 4.99. The molecule has 0 aliphatic carbocycles. The molecule has 5 rings (SSSR count). The molecule has 0 saturated carbocycles. The summed E-state index contributed by atoms with van der Waals surface area (Å²) in [6.07, 6.45) is 6.92. The van der Waals surface area contributed by atoms with Gasteiger partial charge in [-0.2, -0.15) is 5.10 Å². The second-order valence-electron chi connectivity index (χ2n) is 10.4. The summed E-state index contributed by atoms with van der Waals surface area (Å²) in [4.78, 5) is 18.0. The molecule has 3 aromatic rings. The Morgan fingerprint density at radius 3 is 2.62 bits per heavy atom. The molecule has 200 valence electrons. The van der Waals surface area contributed by atoms with E-state index in [1.54, 1.807) is 16.7 Å². The zero-order valence-electron chi connectivity index (χ0n) is 22.2. The summed E-state index contributed by atoms with van der Waals surface area (Å²) in [6, 6.07) is 7.34. The fourth-order valence-electron chi connectivity index (χ4n) is 5.98. The first-order valence-electron chi connectivity index (χ1n) is 13.5. The first-order valence-corrected chi connectivity index (χ1v) is 14.3. The predicted octanol–water partition coefficient (Wildman–Crippen LogP) is 5.78. The Labute approximate surface area is 226 Å². The van der Waals surface area contributed by atoms with E-state index in [4.69, 9.17) is 9.84 Å². The summed E-state index contributed by atoms with van der Waals surface area (Å²) in [6.45, 7) is 9.01. The van der Waals surface area contributed by atoms with Crippen LogP contribution < -0.4 is 10.5 Å². The van der Waals surface area contributed by atoms with Crippen LogP contribution in [0.15, 0.2) is 39.7 Å². The Hall–Kier alpha value is -2.23. The van der Waals surface area contributed by atoms with Crippen molar-refractivity contribution in [3.8, 4) is 0 Å². The van der Waals surface area contributed by atoms with Gasteiger partial charge in [0.15, 0.2) is 0 Å². The normalized spacial score (nSPS) is 24.1. The molecule has 7 nitrogen and oxygen atoms in total. The van der Waals surface area contributed by atoms with Gasteiger partial charge in [-0.1, -0.05) is 35.8 Å². The number of aryl methyl sites for hydroxylation is 1. The number of halogens is 2. The lowest BCUT2D eigenvalue weighted by molar-refractivity contribution is -0.0390. The summed E-state index contributed by atoms with van der Waals surface area (Å²) >= 11 is 3.58. The summed E-state index contributed by atoms with van der Waals surface area (Å²) in [7, 11) is 1.81. The molecule has 0 bridgehead atoms. The average Bonchev–Trinajstić information content (AvgIpc) is 3.36.